The van der Waals surface area contributed by atoms with Crippen LogP contribution >= 0.6 is 0 Å². The van der Waals surface area contributed by atoms with E-state index in [-0.39, 0.29) is 6.01 Å². The largest absolute Gasteiger partial charge is 0.424 e. The predicted molar refractivity (Wildman–Crippen MR) is 71.7 cm³/mol. The van der Waals surface area contributed by atoms with Crippen molar-refractivity contribution < 1.29 is 9.13 Å². The van der Waals surface area contributed by atoms with Crippen LogP contribution in [0.1, 0.15) is 0 Å². The third kappa shape index (κ3) is 2.77. The molecule has 4 nitrogen and oxygen atoms in total. The molecule has 98 valence electrons. The van der Waals surface area contributed by atoms with E-state index in [2.05, 4.69) is 15.0 Å². The van der Waals surface area contributed by atoms with E-state index < -0.39 is 5.95 Å². The number of hydrogen-bond acceptors (Lipinski definition) is 4. The van der Waals surface area contributed by atoms with E-state index in [1.807, 2.05) is 30.3 Å². The highest BCUT2D eigenvalue weighted by Gasteiger charge is 2.03. The second-order valence-corrected chi connectivity index (χ2v) is 4.04. The van der Waals surface area contributed by atoms with Gasteiger partial charge in [0, 0.05) is 29.7 Å². The molecule has 2 heterocycles. The standard InChI is InChI=1S/C15H10FN3O/c16-14-7-6-11(8-17-14)12-9-18-15(19-10-12)20-13-4-2-1-3-5-13/h1-10H. The van der Waals surface area contributed by atoms with Gasteiger partial charge in [-0.15, -0.1) is 0 Å². The first-order valence-electron chi connectivity index (χ1n) is 5.98. The summed E-state index contributed by atoms with van der Waals surface area (Å²) in [4.78, 5) is 11.8. The molecule has 5 heteroatoms. The normalized spacial score (nSPS) is 10.2. The third-order valence-corrected chi connectivity index (χ3v) is 2.64. The number of para-hydroxylation sites is 1. The van der Waals surface area contributed by atoms with Crippen LogP contribution in [0.4, 0.5) is 4.39 Å². The predicted octanol–water partition coefficient (Wildman–Crippen LogP) is 3.47. The van der Waals surface area contributed by atoms with E-state index in [1.165, 1.54) is 12.3 Å². The van der Waals surface area contributed by atoms with Crippen molar-refractivity contribution in [2.45, 2.75) is 0 Å². The minimum atomic E-state index is -0.515. The SMILES string of the molecule is Fc1ccc(-c2cnc(Oc3ccccc3)nc2)cn1. The summed E-state index contributed by atoms with van der Waals surface area (Å²) in [5.74, 6) is 0.155. The minimum absolute atomic E-state index is 0.259. The van der Waals surface area contributed by atoms with E-state index in [4.69, 9.17) is 4.74 Å². The maximum atomic E-state index is 12.7. The first-order valence-corrected chi connectivity index (χ1v) is 5.98. The van der Waals surface area contributed by atoms with Gasteiger partial charge in [0.1, 0.15) is 5.75 Å². The monoisotopic (exact) mass is 267 g/mol. The summed E-state index contributed by atoms with van der Waals surface area (Å²) in [6.45, 7) is 0. The zero-order chi connectivity index (χ0) is 13.8. The quantitative estimate of drug-likeness (QED) is 0.682. The second-order valence-electron chi connectivity index (χ2n) is 4.04. The van der Waals surface area contributed by atoms with E-state index in [9.17, 15) is 4.39 Å². The lowest BCUT2D eigenvalue weighted by Crippen LogP contribution is -1.92. The summed E-state index contributed by atoms with van der Waals surface area (Å²) >= 11 is 0. The van der Waals surface area contributed by atoms with Crippen molar-refractivity contribution in [3.63, 3.8) is 0 Å². The zero-order valence-electron chi connectivity index (χ0n) is 10.4. The molecule has 0 radical (unpaired) electrons. The van der Waals surface area contributed by atoms with Gasteiger partial charge in [0.2, 0.25) is 5.95 Å². The van der Waals surface area contributed by atoms with Gasteiger partial charge >= 0.3 is 6.01 Å². The Morgan fingerprint density at radius 1 is 0.750 bits per heavy atom. The molecule has 0 spiro atoms. The maximum Gasteiger partial charge on any atom is 0.321 e. The lowest BCUT2D eigenvalue weighted by atomic mass is 10.2. The number of benzene rings is 1. The van der Waals surface area contributed by atoms with Crippen molar-refractivity contribution >= 4 is 0 Å². The minimum Gasteiger partial charge on any atom is -0.424 e. The number of aromatic nitrogens is 3. The first-order chi connectivity index (χ1) is 9.81. The lowest BCUT2D eigenvalue weighted by molar-refractivity contribution is 0.442. The molecule has 0 saturated heterocycles. The number of halogens is 1. The fraction of sp³-hybridized carbons (Fsp3) is 0. The van der Waals surface area contributed by atoms with Gasteiger partial charge in [-0.25, -0.2) is 15.0 Å². The summed E-state index contributed by atoms with van der Waals surface area (Å²) in [5, 5.41) is 0. The molecular formula is C15H10FN3O. The molecule has 0 aliphatic rings. The van der Waals surface area contributed by atoms with Crippen LogP contribution in [0.15, 0.2) is 61.1 Å². The van der Waals surface area contributed by atoms with Gasteiger partial charge < -0.3 is 4.74 Å². The van der Waals surface area contributed by atoms with Gasteiger partial charge in [-0.3, -0.25) is 0 Å². The zero-order valence-corrected chi connectivity index (χ0v) is 10.4. The molecule has 0 N–H and O–H groups in total. The molecule has 1 aromatic carbocycles. The van der Waals surface area contributed by atoms with Gasteiger partial charge in [0.15, 0.2) is 0 Å². The number of rotatable bonds is 3. The van der Waals surface area contributed by atoms with Crippen molar-refractivity contribution in [3.8, 4) is 22.9 Å². The molecule has 0 aliphatic heterocycles. The molecule has 20 heavy (non-hydrogen) atoms. The topological polar surface area (TPSA) is 47.9 Å². The van der Waals surface area contributed by atoms with Gasteiger partial charge in [0.05, 0.1) is 0 Å². The molecule has 0 unspecified atom stereocenters. The van der Waals surface area contributed by atoms with E-state index in [0.29, 0.717) is 5.75 Å². The maximum absolute atomic E-state index is 12.7. The van der Waals surface area contributed by atoms with Crippen LogP contribution in [0.25, 0.3) is 11.1 Å². The Balaban J connectivity index is 1.79. The highest BCUT2D eigenvalue weighted by molar-refractivity contribution is 5.60. The molecule has 0 bridgehead atoms. The van der Waals surface area contributed by atoms with Crippen LogP contribution in [-0.2, 0) is 0 Å². The van der Waals surface area contributed by atoms with Gasteiger partial charge in [-0.2, -0.15) is 4.39 Å². The molecule has 0 amide bonds. The van der Waals surface area contributed by atoms with Crippen LogP contribution in [0, 0.1) is 5.95 Å². The second kappa shape index (κ2) is 5.44. The fourth-order valence-electron chi connectivity index (χ4n) is 1.66. The Morgan fingerprint density at radius 2 is 1.45 bits per heavy atom. The number of hydrogen-bond donors (Lipinski definition) is 0. The van der Waals surface area contributed by atoms with Crippen LogP contribution in [0.5, 0.6) is 11.8 Å². The summed E-state index contributed by atoms with van der Waals surface area (Å²) in [6.07, 6.45) is 4.66. The van der Waals surface area contributed by atoms with Crippen LogP contribution in [-0.4, -0.2) is 15.0 Å². The molecule has 2 aromatic heterocycles. The van der Waals surface area contributed by atoms with Gasteiger partial charge in [-0.05, 0) is 24.3 Å². The molecule has 0 aliphatic carbocycles. The smallest absolute Gasteiger partial charge is 0.321 e. The van der Waals surface area contributed by atoms with E-state index in [1.54, 1.807) is 18.5 Å². The first kappa shape index (κ1) is 12.2. The van der Waals surface area contributed by atoms with Gasteiger partial charge in [0.25, 0.3) is 0 Å². The van der Waals surface area contributed by atoms with Crippen molar-refractivity contribution in [2.24, 2.45) is 0 Å². The van der Waals surface area contributed by atoms with Crippen LogP contribution < -0.4 is 4.74 Å². The van der Waals surface area contributed by atoms with Crippen molar-refractivity contribution in [3.05, 3.63) is 67.0 Å². The molecule has 0 atom stereocenters. The molecule has 3 aromatic rings. The Morgan fingerprint density at radius 3 is 2.10 bits per heavy atom. The van der Waals surface area contributed by atoms with Crippen molar-refractivity contribution in [2.75, 3.05) is 0 Å². The third-order valence-electron chi connectivity index (χ3n) is 2.64. The Labute approximate surface area is 114 Å². The highest BCUT2D eigenvalue weighted by Crippen LogP contribution is 2.20. The summed E-state index contributed by atoms with van der Waals surface area (Å²) in [7, 11) is 0. The molecule has 3 rings (SSSR count). The van der Waals surface area contributed by atoms with Crippen molar-refractivity contribution in [1.29, 1.82) is 0 Å². The molecular weight excluding hydrogens is 257 g/mol. The Hall–Kier alpha value is -2.82. The molecule has 0 fully saturated rings. The molecule has 0 saturated carbocycles. The average molecular weight is 267 g/mol. The Bertz CT molecular complexity index is 685. The number of ether oxygens (including phenoxy) is 1. The average Bonchev–Trinajstić information content (AvgIpc) is 2.50. The van der Waals surface area contributed by atoms with Crippen LogP contribution in [0.2, 0.25) is 0 Å². The fourth-order valence-corrected chi connectivity index (χ4v) is 1.66. The Kier molecular flexibility index (Phi) is 3.33. The lowest BCUT2D eigenvalue weighted by Gasteiger charge is -2.04. The summed E-state index contributed by atoms with van der Waals surface area (Å²) < 4.78 is 18.2. The van der Waals surface area contributed by atoms with E-state index >= 15 is 0 Å². The number of nitrogens with zero attached hydrogens (tertiary/aromatic N) is 3. The van der Waals surface area contributed by atoms with Crippen molar-refractivity contribution in [1.82, 2.24) is 15.0 Å². The van der Waals surface area contributed by atoms with Crippen LogP contribution in [0.3, 0.4) is 0 Å². The number of pyridine rings is 1. The summed E-state index contributed by atoms with van der Waals surface area (Å²) in [6, 6.07) is 12.5. The highest BCUT2D eigenvalue weighted by atomic mass is 19.1. The van der Waals surface area contributed by atoms with E-state index in [0.717, 1.165) is 11.1 Å². The van der Waals surface area contributed by atoms with Gasteiger partial charge in [-0.1, -0.05) is 18.2 Å². The summed E-state index contributed by atoms with van der Waals surface area (Å²) in [5.41, 5.74) is 1.50.